The van der Waals surface area contributed by atoms with Gasteiger partial charge in [-0.15, -0.1) is 5.10 Å². The summed E-state index contributed by atoms with van der Waals surface area (Å²) in [6, 6.07) is 14.6. The quantitative estimate of drug-likeness (QED) is 0.450. The van der Waals surface area contributed by atoms with Gasteiger partial charge in [0.2, 0.25) is 5.16 Å². The zero-order chi connectivity index (χ0) is 19.1. The predicted molar refractivity (Wildman–Crippen MR) is 112 cm³/mol. The first kappa shape index (κ1) is 17.5. The number of pyridine rings is 1. The summed E-state index contributed by atoms with van der Waals surface area (Å²) in [5.41, 5.74) is 5.45. The Bertz CT molecular complexity index is 1110. The topological polar surface area (TPSA) is 58.9 Å². The molecule has 0 bridgehead atoms. The molecule has 5 rings (SSSR count). The molecule has 0 aliphatic heterocycles. The molecule has 5 nitrogen and oxygen atoms in total. The normalized spacial score (nSPS) is 15.2. The van der Waals surface area contributed by atoms with Crippen molar-refractivity contribution >= 4 is 17.4 Å². The minimum absolute atomic E-state index is 0.240. The molecule has 1 aliphatic carbocycles. The first-order chi connectivity index (χ1) is 13.7. The fourth-order valence-electron chi connectivity index (χ4n) is 3.61. The van der Waals surface area contributed by atoms with Gasteiger partial charge in [0.15, 0.2) is 5.65 Å². The highest BCUT2D eigenvalue weighted by atomic mass is 32.2. The molecule has 3 heterocycles. The Morgan fingerprint density at radius 1 is 1.18 bits per heavy atom. The van der Waals surface area contributed by atoms with Crippen LogP contribution in [0.4, 0.5) is 0 Å². The molecule has 0 amide bonds. The fourth-order valence-corrected chi connectivity index (χ4v) is 4.74. The van der Waals surface area contributed by atoms with Gasteiger partial charge < -0.3 is 4.98 Å². The van der Waals surface area contributed by atoms with Gasteiger partial charge in [0.25, 0.3) is 0 Å². The highest BCUT2D eigenvalue weighted by Gasteiger charge is 2.29. The lowest BCUT2D eigenvalue weighted by Crippen LogP contribution is -1.99. The van der Waals surface area contributed by atoms with Crippen molar-refractivity contribution in [2.24, 2.45) is 5.92 Å². The van der Waals surface area contributed by atoms with Crippen LogP contribution in [0.15, 0.2) is 53.8 Å². The Morgan fingerprint density at radius 2 is 2.00 bits per heavy atom. The zero-order valence-corrected chi connectivity index (χ0v) is 16.9. The van der Waals surface area contributed by atoms with Crippen molar-refractivity contribution < 1.29 is 0 Å². The van der Waals surface area contributed by atoms with Crippen LogP contribution in [-0.2, 0) is 0 Å². The number of fused-ring (bicyclic) bond motifs is 1. The van der Waals surface area contributed by atoms with Gasteiger partial charge in [-0.05, 0) is 49.4 Å². The van der Waals surface area contributed by atoms with Crippen LogP contribution in [0.2, 0.25) is 0 Å². The van der Waals surface area contributed by atoms with E-state index in [1.54, 1.807) is 11.8 Å². The Kier molecular flexibility index (Phi) is 4.43. The summed E-state index contributed by atoms with van der Waals surface area (Å²) in [4.78, 5) is 13.0. The van der Waals surface area contributed by atoms with Gasteiger partial charge in [0.05, 0.1) is 17.1 Å². The molecule has 0 radical (unpaired) electrons. The molecular weight excluding hydrogens is 366 g/mol. The van der Waals surface area contributed by atoms with Gasteiger partial charge in [0, 0.05) is 5.69 Å². The van der Waals surface area contributed by atoms with Crippen LogP contribution in [0.1, 0.15) is 41.6 Å². The molecule has 1 fully saturated rings. The van der Waals surface area contributed by atoms with Crippen molar-refractivity contribution in [2.45, 2.75) is 43.5 Å². The molecule has 1 N–H and O–H groups in total. The summed E-state index contributed by atoms with van der Waals surface area (Å²) in [6.45, 7) is 4.17. The fraction of sp³-hybridized carbons (Fsp3) is 0.318. The van der Waals surface area contributed by atoms with Crippen LogP contribution in [0.3, 0.4) is 0 Å². The molecule has 142 valence electrons. The molecule has 1 aromatic carbocycles. The number of H-pyrrole nitrogens is 1. The average molecular weight is 390 g/mol. The molecule has 1 unspecified atom stereocenters. The number of nitrogens with one attached hydrogen (secondary N) is 1. The Balaban J connectivity index is 1.44. The van der Waals surface area contributed by atoms with Crippen LogP contribution in [0.25, 0.3) is 16.9 Å². The maximum atomic E-state index is 4.77. The van der Waals surface area contributed by atoms with Crippen molar-refractivity contribution in [3.63, 3.8) is 0 Å². The maximum absolute atomic E-state index is 4.77. The lowest BCUT2D eigenvalue weighted by molar-refractivity contribution is 0.687. The molecule has 4 aromatic rings. The van der Waals surface area contributed by atoms with Crippen molar-refractivity contribution in [1.82, 2.24) is 24.6 Å². The van der Waals surface area contributed by atoms with Crippen LogP contribution in [0, 0.1) is 19.8 Å². The summed E-state index contributed by atoms with van der Waals surface area (Å²) in [6.07, 6.45) is 5.69. The molecule has 1 aliphatic rings. The van der Waals surface area contributed by atoms with Gasteiger partial charge in [-0.1, -0.05) is 54.9 Å². The number of thioether (sulfide) groups is 1. The standard InChI is InChI=1S/C22H23N5S/c1-14-10-15(2)27-20(11-14)25-22(26-27)28-19(12-16-8-9-16)21-23-13-18(24-21)17-6-4-3-5-7-17/h3-7,10-11,13,16,19H,8-9,12H2,1-2H3,(H,23,24). The molecule has 0 saturated heterocycles. The minimum Gasteiger partial charge on any atom is -0.341 e. The molecule has 28 heavy (non-hydrogen) atoms. The average Bonchev–Trinajstić information content (AvgIpc) is 3.20. The third kappa shape index (κ3) is 3.56. The minimum atomic E-state index is 0.240. The smallest absolute Gasteiger partial charge is 0.210 e. The van der Waals surface area contributed by atoms with Crippen molar-refractivity contribution in [1.29, 1.82) is 0 Å². The molecule has 0 spiro atoms. The molecule has 1 atom stereocenters. The van der Waals surface area contributed by atoms with Gasteiger partial charge in [-0.2, -0.15) is 0 Å². The first-order valence-electron chi connectivity index (χ1n) is 9.77. The Labute approximate surface area is 168 Å². The van der Waals surface area contributed by atoms with Gasteiger partial charge in [-0.25, -0.2) is 14.5 Å². The first-order valence-corrected chi connectivity index (χ1v) is 10.6. The molecule has 3 aromatic heterocycles. The highest BCUT2D eigenvalue weighted by molar-refractivity contribution is 7.99. The van der Waals surface area contributed by atoms with Crippen molar-refractivity contribution in [3.8, 4) is 11.3 Å². The van der Waals surface area contributed by atoms with E-state index in [0.717, 1.165) is 45.9 Å². The maximum Gasteiger partial charge on any atom is 0.210 e. The number of aromatic amines is 1. The van der Waals surface area contributed by atoms with Gasteiger partial charge in [-0.3, -0.25) is 0 Å². The summed E-state index contributed by atoms with van der Waals surface area (Å²) >= 11 is 1.72. The molecule has 6 heteroatoms. The van der Waals surface area contributed by atoms with E-state index in [1.807, 2.05) is 16.8 Å². The van der Waals surface area contributed by atoms with E-state index in [9.17, 15) is 0 Å². The second kappa shape index (κ2) is 7.09. The molecular formula is C22H23N5S. The summed E-state index contributed by atoms with van der Waals surface area (Å²) in [5.74, 6) is 1.81. The van der Waals surface area contributed by atoms with Crippen LogP contribution < -0.4 is 0 Å². The van der Waals surface area contributed by atoms with Gasteiger partial charge in [0.1, 0.15) is 5.82 Å². The zero-order valence-electron chi connectivity index (χ0n) is 16.1. The number of aromatic nitrogens is 5. The van der Waals surface area contributed by atoms with Gasteiger partial charge >= 0.3 is 0 Å². The van der Waals surface area contributed by atoms with E-state index < -0.39 is 0 Å². The SMILES string of the molecule is Cc1cc(C)n2nc(SC(CC3CC3)c3ncc(-c4ccccc4)[nH]3)nc2c1. The lowest BCUT2D eigenvalue weighted by atomic mass is 10.2. The number of aryl methyl sites for hydroxylation is 2. The third-order valence-electron chi connectivity index (χ3n) is 5.22. The number of nitrogens with zero attached hydrogens (tertiary/aromatic N) is 4. The number of imidazole rings is 1. The van der Waals surface area contributed by atoms with Crippen molar-refractivity contribution in [3.05, 3.63) is 65.7 Å². The number of hydrogen-bond acceptors (Lipinski definition) is 4. The van der Waals surface area contributed by atoms with E-state index in [2.05, 4.69) is 55.2 Å². The van der Waals surface area contributed by atoms with E-state index in [0.29, 0.717) is 0 Å². The Morgan fingerprint density at radius 3 is 2.79 bits per heavy atom. The number of rotatable bonds is 6. The van der Waals surface area contributed by atoms with Crippen LogP contribution in [-0.4, -0.2) is 24.6 Å². The number of benzene rings is 1. The largest absolute Gasteiger partial charge is 0.341 e. The van der Waals surface area contributed by atoms with E-state index in [-0.39, 0.29) is 5.25 Å². The van der Waals surface area contributed by atoms with Crippen molar-refractivity contribution in [2.75, 3.05) is 0 Å². The van der Waals surface area contributed by atoms with E-state index in [1.165, 1.54) is 18.4 Å². The van der Waals surface area contributed by atoms with E-state index >= 15 is 0 Å². The number of hydrogen-bond donors (Lipinski definition) is 1. The second-order valence-electron chi connectivity index (χ2n) is 7.67. The van der Waals surface area contributed by atoms with E-state index in [4.69, 9.17) is 15.1 Å². The summed E-state index contributed by atoms with van der Waals surface area (Å²) < 4.78 is 1.93. The lowest BCUT2D eigenvalue weighted by Gasteiger charge is -2.11. The van der Waals surface area contributed by atoms with Crippen LogP contribution in [0.5, 0.6) is 0 Å². The highest BCUT2D eigenvalue weighted by Crippen LogP contribution is 2.44. The molecule has 1 saturated carbocycles. The summed E-state index contributed by atoms with van der Waals surface area (Å²) in [5, 5.41) is 5.79. The monoisotopic (exact) mass is 389 g/mol. The summed E-state index contributed by atoms with van der Waals surface area (Å²) in [7, 11) is 0. The predicted octanol–water partition coefficient (Wildman–Crippen LogP) is 5.37. The second-order valence-corrected chi connectivity index (χ2v) is 8.84. The van der Waals surface area contributed by atoms with Crippen LogP contribution >= 0.6 is 11.8 Å². The Hall–Kier alpha value is -2.60. The third-order valence-corrected chi connectivity index (χ3v) is 6.30.